The van der Waals surface area contributed by atoms with Gasteiger partial charge in [-0.25, -0.2) is 0 Å². The quantitative estimate of drug-likeness (QED) is 0.897. The Morgan fingerprint density at radius 2 is 2.10 bits per heavy atom. The second kappa shape index (κ2) is 7.81. The van der Waals surface area contributed by atoms with Gasteiger partial charge in [-0.2, -0.15) is 0 Å². The molecule has 0 saturated heterocycles. The van der Waals surface area contributed by atoms with Gasteiger partial charge in [-0.05, 0) is 37.5 Å². The first kappa shape index (κ1) is 16.3. The fourth-order valence-electron chi connectivity index (χ4n) is 2.93. The molecule has 1 unspecified atom stereocenters. The van der Waals surface area contributed by atoms with Crippen molar-refractivity contribution >= 4 is 17.5 Å². The number of halogens is 1. The lowest BCUT2D eigenvalue weighted by Crippen LogP contribution is -2.43. The molecule has 0 bridgehead atoms. The molecule has 0 radical (unpaired) electrons. The summed E-state index contributed by atoms with van der Waals surface area (Å²) in [4.78, 5) is 14.2. The third-order valence-corrected chi connectivity index (χ3v) is 4.66. The summed E-state index contributed by atoms with van der Waals surface area (Å²) in [6.07, 6.45) is 6.09. The predicted molar refractivity (Wildman–Crippen MR) is 87.5 cm³/mol. The van der Waals surface area contributed by atoms with Crippen molar-refractivity contribution in [3.05, 3.63) is 34.9 Å². The van der Waals surface area contributed by atoms with Gasteiger partial charge in [0.25, 0.3) is 0 Å². The summed E-state index contributed by atoms with van der Waals surface area (Å²) in [5.74, 6) is 0.177. The average molecular weight is 309 g/mol. The standard InChI is InChI=1S/C17H25ClN2O/c1-13(14-7-6-8-15(18)11-14)19-12-17(21)20(2)16-9-4-3-5-10-16/h6-8,11,13,16,19H,3-5,9-10,12H2,1-2H3. The van der Waals surface area contributed by atoms with E-state index >= 15 is 0 Å². The Kier molecular flexibility index (Phi) is 6.07. The van der Waals surface area contributed by atoms with E-state index in [1.807, 2.05) is 36.2 Å². The van der Waals surface area contributed by atoms with Crippen molar-refractivity contribution in [1.82, 2.24) is 10.2 Å². The topological polar surface area (TPSA) is 32.3 Å². The van der Waals surface area contributed by atoms with Crippen LogP contribution in [0.4, 0.5) is 0 Å². The number of nitrogens with zero attached hydrogens (tertiary/aromatic N) is 1. The van der Waals surface area contributed by atoms with Crippen molar-refractivity contribution < 1.29 is 4.79 Å². The third kappa shape index (κ3) is 4.72. The molecular formula is C17H25ClN2O. The third-order valence-electron chi connectivity index (χ3n) is 4.42. The maximum absolute atomic E-state index is 12.3. The summed E-state index contributed by atoms with van der Waals surface area (Å²) in [7, 11) is 1.93. The molecule has 1 atom stereocenters. The number of nitrogens with one attached hydrogen (secondary N) is 1. The molecule has 1 aromatic rings. The number of carbonyl (C=O) groups is 1. The van der Waals surface area contributed by atoms with E-state index in [-0.39, 0.29) is 11.9 Å². The Labute approximate surface area is 132 Å². The molecular weight excluding hydrogens is 284 g/mol. The van der Waals surface area contributed by atoms with Crippen LogP contribution in [0.25, 0.3) is 0 Å². The molecule has 1 aromatic carbocycles. The van der Waals surface area contributed by atoms with E-state index in [0.717, 1.165) is 23.4 Å². The van der Waals surface area contributed by atoms with Crippen molar-refractivity contribution in [2.24, 2.45) is 0 Å². The smallest absolute Gasteiger partial charge is 0.236 e. The first-order valence-electron chi connectivity index (χ1n) is 7.82. The predicted octanol–water partition coefficient (Wildman–Crippen LogP) is 3.78. The van der Waals surface area contributed by atoms with Crippen molar-refractivity contribution in [2.45, 2.75) is 51.1 Å². The van der Waals surface area contributed by atoms with Crippen LogP contribution in [0.1, 0.15) is 50.6 Å². The minimum Gasteiger partial charge on any atom is -0.342 e. The maximum atomic E-state index is 12.3. The first-order chi connectivity index (χ1) is 10.1. The number of hydrogen-bond acceptors (Lipinski definition) is 2. The van der Waals surface area contributed by atoms with Gasteiger partial charge in [0.05, 0.1) is 6.54 Å². The molecule has 116 valence electrons. The first-order valence-corrected chi connectivity index (χ1v) is 8.20. The molecule has 2 rings (SSSR count). The lowest BCUT2D eigenvalue weighted by atomic mass is 9.94. The van der Waals surface area contributed by atoms with E-state index in [1.54, 1.807) is 0 Å². The van der Waals surface area contributed by atoms with Crippen LogP contribution in [0.15, 0.2) is 24.3 Å². The van der Waals surface area contributed by atoms with Crippen molar-refractivity contribution in [1.29, 1.82) is 0 Å². The molecule has 0 heterocycles. The Morgan fingerprint density at radius 1 is 1.38 bits per heavy atom. The molecule has 3 nitrogen and oxygen atoms in total. The van der Waals surface area contributed by atoms with Gasteiger partial charge < -0.3 is 10.2 Å². The molecule has 0 aromatic heterocycles. The summed E-state index contributed by atoms with van der Waals surface area (Å²) in [6, 6.07) is 8.31. The lowest BCUT2D eigenvalue weighted by molar-refractivity contribution is -0.131. The highest BCUT2D eigenvalue weighted by molar-refractivity contribution is 6.30. The fourth-order valence-corrected chi connectivity index (χ4v) is 3.13. The zero-order chi connectivity index (χ0) is 15.2. The van der Waals surface area contributed by atoms with Crippen LogP contribution in [0.2, 0.25) is 5.02 Å². The minimum absolute atomic E-state index is 0.118. The Balaban J connectivity index is 1.82. The lowest BCUT2D eigenvalue weighted by Gasteiger charge is -2.31. The van der Waals surface area contributed by atoms with Gasteiger partial charge in [0, 0.05) is 24.2 Å². The van der Waals surface area contributed by atoms with Crippen LogP contribution in [-0.4, -0.2) is 30.4 Å². The summed E-state index contributed by atoms with van der Waals surface area (Å²) in [5, 5.41) is 4.02. The normalized spacial score (nSPS) is 17.5. The van der Waals surface area contributed by atoms with E-state index in [0.29, 0.717) is 12.6 Å². The van der Waals surface area contributed by atoms with Gasteiger partial charge in [0.2, 0.25) is 5.91 Å². The summed E-state index contributed by atoms with van der Waals surface area (Å²) < 4.78 is 0. The van der Waals surface area contributed by atoms with Gasteiger partial charge >= 0.3 is 0 Å². The Morgan fingerprint density at radius 3 is 2.76 bits per heavy atom. The van der Waals surface area contributed by atoms with E-state index in [1.165, 1.54) is 19.3 Å². The molecule has 1 saturated carbocycles. The van der Waals surface area contributed by atoms with Crippen molar-refractivity contribution in [2.75, 3.05) is 13.6 Å². The molecule has 1 aliphatic rings. The zero-order valence-corrected chi connectivity index (χ0v) is 13.7. The van der Waals surface area contributed by atoms with Crippen LogP contribution in [-0.2, 0) is 4.79 Å². The second-order valence-corrected chi connectivity index (χ2v) is 6.39. The largest absolute Gasteiger partial charge is 0.342 e. The maximum Gasteiger partial charge on any atom is 0.236 e. The highest BCUT2D eigenvalue weighted by Crippen LogP contribution is 2.22. The zero-order valence-electron chi connectivity index (χ0n) is 12.9. The number of carbonyl (C=O) groups excluding carboxylic acids is 1. The molecule has 1 N–H and O–H groups in total. The van der Waals surface area contributed by atoms with E-state index in [2.05, 4.69) is 12.2 Å². The molecule has 21 heavy (non-hydrogen) atoms. The summed E-state index contributed by atoms with van der Waals surface area (Å²) >= 11 is 6.00. The van der Waals surface area contributed by atoms with Crippen LogP contribution >= 0.6 is 11.6 Å². The molecule has 0 aliphatic heterocycles. The molecule has 4 heteroatoms. The number of hydrogen-bond donors (Lipinski definition) is 1. The fraction of sp³-hybridized carbons (Fsp3) is 0.588. The van der Waals surface area contributed by atoms with Gasteiger partial charge in [-0.1, -0.05) is 43.0 Å². The van der Waals surface area contributed by atoms with E-state index < -0.39 is 0 Å². The molecule has 0 spiro atoms. The van der Waals surface area contributed by atoms with Gasteiger partial charge in [-0.3, -0.25) is 4.79 Å². The number of amides is 1. The second-order valence-electron chi connectivity index (χ2n) is 5.95. The summed E-state index contributed by atoms with van der Waals surface area (Å²) in [6.45, 7) is 2.43. The van der Waals surface area contributed by atoms with Crippen LogP contribution in [0.5, 0.6) is 0 Å². The monoisotopic (exact) mass is 308 g/mol. The molecule has 1 fully saturated rings. The van der Waals surface area contributed by atoms with Crippen molar-refractivity contribution in [3.8, 4) is 0 Å². The van der Waals surface area contributed by atoms with Gasteiger partial charge in [-0.15, -0.1) is 0 Å². The van der Waals surface area contributed by atoms with Gasteiger partial charge in [0.1, 0.15) is 0 Å². The van der Waals surface area contributed by atoms with Crippen LogP contribution < -0.4 is 5.32 Å². The van der Waals surface area contributed by atoms with Crippen molar-refractivity contribution in [3.63, 3.8) is 0 Å². The van der Waals surface area contributed by atoms with Crippen LogP contribution in [0.3, 0.4) is 0 Å². The van der Waals surface area contributed by atoms with E-state index in [4.69, 9.17) is 11.6 Å². The number of benzene rings is 1. The van der Waals surface area contributed by atoms with Crippen LogP contribution in [0, 0.1) is 0 Å². The minimum atomic E-state index is 0.118. The SMILES string of the molecule is CC(NCC(=O)N(C)C1CCCCC1)c1cccc(Cl)c1. The molecule has 1 aliphatic carbocycles. The average Bonchev–Trinajstić information content (AvgIpc) is 2.52. The van der Waals surface area contributed by atoms with E-state index in [9.17, 15) is 4.79 Å². The Hall–Kier alpha value is -1.06. The van der Waals surface area contributed by atoms with Gasteiger partial charge in [0.15, 0.2) is 0 Å². The summed E-state index contributed by atoms with van der Waals surface area (Å²) in [5.41, 5.74) is 1.11. The Bertz CT molecular complexity index is 472. The number of rotatable bonds is 5. The number of likely N-dealkylation sites (N-methyl/N-ethyl adjacent to an activating group) is 1. The highest BCUT2D eigenvalue weighted by Gasteiger charge is 2.22. The molecule has 1 amide bonds. The highest BCUT2D eigenvalue weighted by atomic mass is 35.5.